The molecule has 10 nitrogen and oxygen atoms in total. The number of rotatable bonds is 6. The van der Waals surface area contributed by atoms with Crippen LogP contribution in [-0.4, -0.2) is 56.5 Å². The van der Waals surface area contributed by atoms with Gasteiger partial charge in [0, 0.05) is 69.4 Å². The lowest BCUT2D eigenvalue weighted by molar-refractivity contribution is -0.384. The number of benzene rings is 1. The zero-order valence-corrected chi connectivity index (χ0v) is 17.7. The summed E-state index contributed by atoms with van der Waals surface area (Å²) in [4.78, 5) is 32.4. The molecule has 0 N–H and O–H groups in total. The molecule has 0 amide bonds. The molecule has 1 fully saturated rings. The first-order valence-electron chi connectivity index (χ1n) is 10.0. The molecule has 0 saturated carbocycles. The minimum absolute atomic E-state index is 0.0702. The smallest absolute Gasteiger partial charge is 0.293 e. The summed E-state index contributed by atoms with van der Waals surface area (Å²) in [5, 5.41) is 15.8. The van der Waals surface area contributed by atoms with E-state index in [1.54, 1.807) is 29.9 Å². The average molecular weight is 424 g/mol. The number of imidazole rings is 1. The average Bonchev–Trinajstić information content (AvgIpc) is 3.33. The van der Waals surface area contributed by atoms with Crippen molar-refractivity contribution < 1.29 is 14.2 Å². The molecule has 1 aliphatic rings. The van der Waals surface area contributed by atoms with Gasteiger partial charge in [-0.25, -0.2) is 4.98 Å². The lowest BCUT2D eigenvalue weighted by atomic mass is 10.1. The second kappa shape index (κ2) is 8.31. The van der Waals surface area contributed by atoms with Crippen LogP contribution in [0.15, 0.2) is 35.1 Å². The second-order valence-electron chi connectivity index (χ2n) is 7.72. The van der Waals surface area contributed by atoms with Crippen LogP contribution in [0.5, 0.6) is 0 Å². The number of nitrogens with zero attached hydrogens (tertiary/aromatic N) is 6. The van der Waals surface area contributed by atoms with Gasteiger partial charge < -0.3 is 14.0 Å². The van der Waals surface area contributed by atoms with Crippen LogP contribution in [0.3, 0.4) is 0 Å². The molecule has 1 aromatic carbocycles. The van der Waals surface area contributed by atoms with Crippen molar-refractivity contribution in [3.8, 4) is 0 Å². The fourth-order valence-electron chi connectivity index (χ4n) is 3.89. The van der Waals surface area contributed by atoms with Crippen LogP contribution in [0.25, 0.3) is 0 Å². The molecule has 162 valence electrons. The number of carbonyl (C=O) groups is 1. The van der Waals surface area contributed by atoms with E-state index in [-0.39, 0.29) is 22.9 Å². The third-order valence-corrected chi connectivity index (χ3v) is 5.73. The molecule has 0 atom stereocenters. The summed E-state index contributed by atoms with van der Waals surface area (Å²) in [6.07, 6.45) is 3.19. The number of nitro groups is 1. The first-order chi connectivity index (χ1) is 14.8. The van der Waals surface area contributed by atoms with E-state index in [0.29, 0.717) is 18.8 Å². The van der Waals surface area contributed by atoms with Gasteiger partial charge in [0.15, 0.2) is 5.82 Å². The van der Waals surface area contributed by atoms with E-state index in [1.165, 1.54) is 12.3 Å². The molecular formula is C21H24N6O4. The fourth-order valence-corrected chi connectivity index (χ4v) is 3.89. The van der Waals surface area contributed by atoms with Gasteiger partial charge in [0.1, 0.15) is 11.4 Å². The van der Waals surface area contributed by atoms with Crippen LogP contribution in [0.4, 0.5) is 11.4 Å². The molecular weight excluding hydrogens is 400 g/mol. The van der Waals surface area contributed by atoms with Crippen LogP contribution in [0.2, 0.25) is 0 Å². The lowest BCUT2D eigenvalue weighted by Crippen LogP contribution is -2.46. The van der Waals surface area contributed by atoms with Crippen molar-refractivity contribution in [3.05, 3.63) is 69.1 Å². The van der Waals surface area contributed by atoms with Gasteiger partial charge in [0.2, 0.25) is 5.78 Å². The Morgan fingerprint density at radius 2 is 1.97 bits per heavy atom. The highest BCUT2D eigenvalue weighted by molar-refractivity contribution is 6.07. The Hall–Kier alpha value is -3.53. The largest absolute Gasteiger partial charge is 0.363 e. The van der Waals surface area contributed by atoms with Crippen LogP contribution < -0.4 is 4.90 Å². The van der Waals surface area contributed by atoms with E-state index < -0.39 is 4.92 Å². The van der Waals surface area contributed by atoms with Crippen molar-refractivity contribution >= 4 is 17.2 Å². The Morgan fingerprint density at radius 1 is 1.23 bits per heavy atom. The Balaban J connectivity index is 1.50. The van der Waals surface area contributed by atoms with Gasteiger partial charge in [-0.1, -0.05) is 5.16 Å². The molecule has 1 saturated heterocycles. The van der Waals surface area contributed by atoms with Crippen molar-refractivity contribution in [3.63, 3.8) is 0 Å². The van der Waals surface area contributed by atoms with Crippen LogP contribution >= 0.6 is 0 Å². The third kappa shape index (κ3) is 4.06. The maximum Gasteiger partial charge on any atom is 0.293 e. The van der Waals surface area contributed by atoms with E-state index in [1.807, 2.05) is 18.7 Å². The van der Waals surface area contributed by atoms with Gasteiger partial charge in [0.05, 0.1) is 10.6 Å². The van der Waals surface area contributed by atoms with Crippen molar-refractivity contribution in [2.75, 3.05) is 31.1 Å². The van der Waals surface area contributed by atoms with Crippen molar-refractivity contribution in [1.82, 2.24) is 19.6 Å². The van der Waals surface area contributed by atoms with Crippen LogP contribution in [-0.2, 0) is 13.6 Å². The third-order valence-electron chi connectivity index (χ3n) is 5.73. The number of aromatic nitrogens is 3. The second-order valence-corrected chi connectivity index (χ2v) is 7.72. The minimum Gasteiger partial charge on any atom is -0.363 e. The fraction of sp³-hybridized carbons (Fsp3) is 0.381. The Labute approximate surface area is 179 Å². The molecule has 0 bridgehead atoms. The van der Waals surface area contributed by atoms with Gasteiger partial charge in [-0.05, 0) is 26.0 Å². The Bertz CT molecular complexity index is 1110. The summed E-state index contributed by atoms with van der Waals surface area (Å²) >= 11 is 0. The molecule has 1 aliphatic heterocycles. The quantitative estimate of drug-likeness (QED) is 0.337. The SMILES string of the molecule is Cc1noc(C)c1CN1CCN(c2ccc(C(=O)c3nccn3C)cc2[N+](=O)[O-])CC1. The highest BCUT2D eigenvalue weighted by atomic mass is 16.6. The van der Waals surface area contributed by atoms with Gasteiger partial charge in [-0.2, -0.15) is 0 Å². The summed E-state index contributed by atoms with van der Waals surface area (Å²) < 4.78 is 6.84. The molecule has 0 spiro atoms. The van der Waals surface area contributed by atoms with Crippen LogP contribution in [0.1, 0.15) is 33.2 Å². The van der Waals surface area contributed by atoms with E-state index in [9.17, 15) is 14.9 Å². The molecule has 31 heavy (non-hydrogen) atoms. The molecule has 3 aromatic rings. The number of anilines is 1. The topological polar surface area (TPSA) is 111 Å². The van der Waals surface area contributed by atoms with Crippen molar-refractivity contribution in [1.29, 1.82) is 0 Å². The number of piperazine rings is 1. The maximum atomic E-state index is 12.7. The minimum atomic E-state index is -0.430. The number of aryl methyl sites for hydroxylation is 3. The summed E-state index contributed by atoms with van der Waals surface area (Å²) in [6.45, 7) is 7.40. The molecule has 0 unspecified atom stereocenters. The monoisotopic (exact) mass is 424 g/mol. The van der Waals surface area contributed by atoms with Crippen molar-refractivity contribution in [2.24, 2.45) is 7.05 Å². The standard InChI is InChI=1S/C21H24N6O4/c1-14-17(15(2)31-23-14)13-25-8-10-26(11-9-25)18-5-4-16(12-19(18)27(29)30)20(28)21-22-6-7-24(21)3/h4-7,12H,8-11,13H2,1-3H3. The van der Waals surface area contributed by atoms with E-state index in [2.05, 4.69) is 15.0 Å². The summed E-state index contributed by atoms with van der Waals surface area (Å²) in [5.41, 5.74) is 2.69. The van der Waals surface area contributed by atoms with Gasteiger partial charge in [-0.15, -0.1) is 0 Å². The number of carbonyl (C=O) groups excluding carboxylic acids is 1. The van der Waals surface area contributed by atoms with E-state index in [0.717, 1.165) is 36.7 Å². The maximum absolute atomic E-state index is 12.7. The zero-order chi connectivity index (χ0) is 22.1. The molecule has 4 rings (SSSR count). The zero-order valence-electron chi connectivity index (χ0n) is 17.7. The Morgan fingerprint density at radius 3 is 2.55 bits per heavy atom. The first-order valence-corrected chi connectivity index (χ1v) is 10.0. The molecule has 10 heteroatoms. The number of hydrogen-bond donors (Lipinski definition) is 0. The predicted molar refractivity (Wildman–Crippen MR) is 113 cm³/mol. The number of hydrogen-bond acceptors (Lipinski definition) is 8. The van der Waals surface area contributed by atoms with Gasteiger partial charge >= 0.3 is 0 Å². The highest BCUT2D eigenvalue weighted by Gasteiger charge is 2.27. The van der Waals surface area contributed by atoms with Crippen molar-refractivity contribution in [2.45, 2.75) is 20.4 Å². The van der Waals surface area contributed by atoms with E-state index in [4.69, 9.17) is 4.52 Å². The summed E-state index contributed by atoms with van der Waals surface area (Å²) in [6, 6.07) is 4.65. The Kier molecular flexibility index (Phi) is 5.55. The molecule has 0 radical (unpaired) electrons. The van der Waals surface area contributed by atoms with Crippen LogP contribution in [0, 0.1) is 24.0 Å². The molecule has 0 aliphatic carbocycles. The van der Waals surface area contributed by atoms with E-state index >= 15 is 0 Å². The van der Waals surface area contributed by atoms with Gasteiger partial charge in [-0.3, -0.25) is 19.8 Å². The molecule has 2 aromatic heterocycles. The normalized spacial score (nSPS) is 14.7. The molecule has 3 heterocycles. The summed E-state index contributed by atoms with van der Waals surface area (Å²) in [7, 11) is 1.71. The number of nitro benzene ring substituents is 1. The predicted octanol–water partition coefficient (Wildman–Crippen LogP) is 2.49. The highest BCUT2D eigenvalue weighted by Crippen LogP contribution is 2.31. The summed E-state index contributed by atoms with van der Waals surface area (Å²) in [5.74, 6) is 0.727. The first kappa shape index (κ1) is 20.7. The lowest BCUT2D eigenvalue weighted by Gasteiger charge is -2.35. The van der Waals surface area contributed by atoms with Gasteiger partial charge in [0.25, 0.3) is 5.69 Å². The number of ketones is 1.